The normalized spacial score (nSPS) is 18.6. The van der Waals surface area contributed by atoms with Crippen LogP contribution in [0.1, 0.15) is 6.42 Å². The third-order valence-corrected chi connectivity index (χ3v) is 3.97. The van der Waals surface area contributed by atoms with Gasteiger partial charge >= 0.3 is 5.51 Å². The van der Waals surface area contributed by atoms with Crippen LogP contribution in [0.15, 0.2) is 30.3 Å². The Balaban J connectivity index is 1.82. The van der Waals surface area contributed by atoms with Gasteiger partial charge in [-0.25, -0.2) is 0 Å². The van der Waals surface area contributed by atoms with Gasteiger partial charge in [-0.05, 0) is 23.9 Å². The summed E-state index contributed by atoms with van der Waals surface area (Å²) in [5, 5.41) is 2.45. The third-order valence-electron chi connectivity index (χ3n) is 3.23. The van der Waals surface area contributed by atoms with Crippen molar-refractivity contribution in [3.63, 3.8) is 0 Å². The summed E-state index contributed by atoms with van der Waals surface area (Å²) in [6.45, 7) is 0.181. The second-order valence-electron chi connectivity index (χ2n) is 4.83. The Morgan fingerprint density at radius 1 is 1.32 bits per heavy atom. The maximum absolute atomic E-state index is 12.0. The summed E-state index contributed by atoms with van der Waals surface area (Å²) in [5.74, 6) is -1.30. The Kier molecular flexibility index (Phi) is 5.33. The van der Waals surface area contributed by atoms with Crippen LogP contribution in [0.25, 0.3) is 0 Å². The van der Waals surface area contributed by atoms with Gasteiger partial charge in [-0.2, -0.15) is 13.2 Å². The highest BCUT2D eigenvalue weighted by Crippen LogP contribution is 2.29. The van der Waals surface area contributed by atoms with Gasteiger partial charge in [0.2, 0.25) is 11.8 Å². The number of carbonyl (C=O) groups is 2. The average molecular weight is 332 g/mol. The molecule has 22 heavy (non-hydrogen) atoms. The lowest BCUT2D eigenvalue weighted by Crippen LogP contribution is -2.34. The Morgan fingerprint density at radius 2 is 2.00 bits per heavy atom. The molecule has 1 aromatic carbocycles. The summed E-state index contributed by atoms with van der Waals surface area (Å²) in [6, 6.07) is 8.97. The first-order valence-electron chi connectivity index (χ1n) is 6.70. The lowest BCUT2D eigenvalue weighted by molar-refractivity contribution is -0.126. The largest absolute Gasteiger partial charge is 0.441 e. The molecule has 2 rings (SSSR count). The molecule has 1 aromatic rings. The van der Waals surface area contributed by atoms with E-state index in [2.05, 4.69) is 5.32 Å². The van der Waals surface area contributed by atoms with Crippen molar-refractivity contribution in [2.24, 2.45) is 5.92 Å². The van der Waals surface area contributed by atoms with Gasteiger partial charge in [-0.1, -0.05) is 18.2 Å². The van der Waals surface area contributed by atoms with Crippen LogP contribution in [0.4, 0.5) is 18.9 Å². The van der Waals surface area contributed by atoms with E-state index in [0.29, 0.717) is 0 Å². The van der Waals surface area contributed by atoms with Crippen LogP contribution >= 0.6 is 11.8 Å². The van der Waals surface area contributed by atoms with Crippen LogP contribution < -0.4 is 10.2 Å². The number of rotatable bonds is 5. The smallest absolute Gasteiger partial charge is 0.355 e. The van der Waals surface area contributed by atoms with Crippen LogP contribution in [0, 0.1) is 5.92 Å². The summed E-state index contributed by atoms with van der Waals surface area (Å²) in [6.07, 6.45) is 0.0765. The van der Waals surface area contributed by atoms with Crippen molar-refractivity contribution in [2.75, 3.05) is 23.7 Å². The molecule has 0 unspecified atom stereocenters. The number of alkyl halides is 3. The number of hydrogen-bond donors (Lipinski definition) is 1. The van der Waals surface area contributed by atoms with Gasteiger partial charge in [-0.15, -0.1) is 0 Å². The number of para-hydroxylation sites is 1. The van der Waals surface area contributed by atoms with Gasteiger partial charge in [0.15, 0.2) is 0 Å². The van der Waals surface area contributed by atoms with Crippen LogP contribution in [0.3, 0.4) is 0 Å². The molecular formula is C14H15F3N2O2S. The van der Waals surface area contributed by atoms with E-state index < -0.39 is 11.4 Å². The molecule has 1 atom stereocenters. The first kappa shape index (κ1) is 16.7. The fraction of sp³-hybridized carbons (Fsp3) is 0.429. The Labute approximate surface area is 130 Å². The Hall–Kier alpha value is -1.70. The third kappa shape index (κ3) is 4.66. The minimum absolute atomic E-state index is 0.0704. The van der Waals surface area contributed by atoms with Gasteiger partial charge in [0.25, 0.3) is 0 Å². The van der Waals surface area contributed by atoms with Crippen LogP contribution in [0.5, 0.6) is 0 Å². The Bertz CT molecular complexity index is 537. The molecule has 0 bridgehead atoms. The zero-order chi connectivity index (χ0) is 16.2. The molecule has 0 aliphatic carbocycles. The van der Waals surface area contributed by atoms with Crippen molar-refractivity contribution < 1.29 is 22.8 Å². The average Bonchev–Trinajstić information content (AvgIpc) is 2.85. The number of hydrogen-bond acceptors (Lipinski definition) is 3. The lowest BCUT2D eigenvalue weighted by Gasteiger charge is -2.16. The molecule has 1 aliphatic rings. The number of anilines is 1. The quantitative estimate of drug-likeness (QED) is 0.843. The standard InChI is InChI=1S/C14H15F3N2O2S/c15-14(16,17)22-7-6-18-13(21)10-8-12(20)19(9-10)11-4-2-1-3-5-11/h1-5,10H,6-9H2,(H,18,21)/t10-/m1/s1. The summed E-state index contributed by atoms with van der Waals surface area (Å²) in [4.78, 5) is 25.4. The highest BCUT2D eigenvalue weighted by molar-refractivity contribution is 8.00. The van der Waals surface area contributed by atoms with E-state index in [1.54, 1.807) is 24.3 Å². The van der Waals surface area contributed by atoms with E-state index in [9.17, 15) is 22.8 Å². The van der Waals surface area contributed by atoms with Crippen LogP contribution in [-0.4, -0.2) is 36.2 Å². The van der Waals surface area contributed by atoms with Crippen LogP contribution in [-0.2, 0) is 9.59 Å². The lowest BCUT2D eigenvalue weighted by atomic mass is 10.1. The van der Waals surface area contributed by atoms with Crippen molar-refractivity contribution in [2.45, 2.75) is 11.9 Å². The molecule has 0 spiro atoms. The fourth-order valence-corrected chi connectivity index (χ4v) is 2.66. The molecular weight excluding hydrogens is 317 g/mol. The number of halogens is 3. The van der Waals surface area contributed by atoms with E-state index in [0.717, 1.165) is 5.69 Å². The van der Waals surface area contributed by atoms with Gasteiger partial charge < -0.3 is 10.2 Å². The molecule has 0 radical (unpaired) electrons. The molecule has 1 aliphatic heterocycles. The van der Waals surface area contributed by atoms with Gasteiger partial charge in [0.05, 0.1) is 5.92 Å². The van der Waals surface area contributed by atoms with Crippen molar-refractivity contribution >= 4 is 29.3 Å². The van der Waals surface area contributed by atoms with Crippen molar-refractivity contribution in [3.8, 4) is 0 Å². The SMILES string of the molecule is O=C(NCCSC(F)(F)F)[C@@H]1CC(=O)N(c2ccccc2)C1. The minimum Gasteiger partial charge on any atom is -0.355 e. The van der Waals surface area contributed by atoms with Gasteiger partial charge in [0.1, 0.15) is 0 Å². The monoisotopic (exact) mass is 332 g/mol. The second kappa shape index (κ2) is 7.04. The molecule has 0 aromatic heterocycles. The van der Waals surface area contributed by atoms with Gasteiger partial charge in [0, 0.05) is 31.0 Å². The maximum atomic E-state index is 12.0. The van der Waals surface area contributed by atoms with E-state index in [1.807, 2.05) is 6.07 Å². The number of nitrogens with zero attached hydrogens (tertiary/aromatic N) is 1. The minimum atomic E-state index is -4.29. The van der Waals surface area contributed by atoms with Crippen molar-refractivity contribution in [3.05, 3.63) is 30.3 Å². The number of carbonyl (C=O) groups excluding carboxylic acids is 2. The summed E-state index contributed by atoms with van der Waals surface area (Å²) in [7, 11) is 0. The molecule has 1 fully saturated rings. The molecule has 1 N–H and O–H groups in total. The highest BCUT2D eigenvalue weighted by atomic mass is 32.2. The molecule has 4 nitrogen and oxygen atoms in total. The molecule has 2 amide bonds. The summed E-state index contributed by atoms with van der Waals surface area (Å²) < 4.78 is 35.9. The molecule has 120 valence electrons. The summed E-state index contributed by atoms with van der Waals surface area (Å²) in [5.41, 5.74) is -3.58. The van der Waals surface area contributed by atoms with Crippen molar-refractivity contribution in [1.29, 1.82) is 0 Å². The van der Waals surface area contributed by atoms with E-state index >= 15 is 0 Å². The molecule has 1 saturated heterocycles. The predicted molar refractivity (Wildman–Crippen MR) is 78.4 cm³/mol. The van der Waals surface area contributed by atoms with Crippen LogP contribution in [0.2, 0.25) is 0 Å². The maximum Gasteiger partial charge on any atom is 0.441 e. The number of nitrogens with one attached hydrogen (secondary N) is 1. The van der Waals surface area contributed by atoms with E-state index in [1.165, 1.54) is 4.90 Å². The molecule has 8 heteroatoms. The van der Waals surface area contributed by atoms with Gasteiger partial charge in [-0.3, -0.25) is 9.59 Å². The zero-order valence-electron chi connectivity index (χ0n) is 11.6. The van der Waals surface area contributed by atoms with Crippen molar-refractivity contribution in [1.82, 2.24) is 5.32 Å². The zero-order valence-corrected chi connectivity index (χ0v) is 12.4. The predicted octanol–water partition coefficient (Wildman–Crippen LogP) is 2.41. The first-order valence-corrected chi connectivity index (χ1v) is 7.69. The number of amides is 2. The van der Waals surface area contributed by atoms with E-state index in [-0.39, 0.29) is 48.8 Å². The molecule has 1 heterocycles. The topological polar surface area (TPSA) is 49.4 Å². The number of benzene rings is 1. The molecule has 0 saturated carbocycles. The highest BCUT2D eigenvalue weighted by Gasteiger charge is 2.35. The van der Waals surface area contributed by atoms with E-state index in [4.69, 9.17) is 0 Å². The Morgan fingerprint density at radius 3 is 2.64 bits per heavy atom. The first-order chi connectivity index (χ1) is 10.4. The second-order valence-corrected chi connectivity index (χ2v) is 5.99. The summed E-state index contributed by atoms with van der Waals surface area (Å²) >= 11 is -0.176. The fourth-order valence-electron chi connectivity index (χ4n) is 2.23. The number of thioether (sulfide) groups is 1.